The summed E-state index contributed by atoms with van der Waals surface area (Å²) in [6.45, 7) is 0. The molecule has 4 heteroatoms. The molecule has 0 aliphatic heterocycles. The Morgan fingerprint density at radius 2 is 2.33 bits per heavy atom. The molecule has 1 aromatic heterocycles. The van der Waals surface area contributed by atoms with Crippen LogP contribution in [0.15, 0.2) is 9.85 Å². The van der Waals surface area contributed by atoms with Gasteiger partial charge < -0.3 is 0 Å². The Morgan fingerprint density at radius 1 is 1.67 bits per heavy atom. The Morgan fingerprint density at radius 3 is 2.75 bits per heavy atom. The smallest absolute Gasteiger partial charge is 0.175 e. The summed E-state index contributed by atoms with van der Waals surface area (Å²) in [6, 6.07) is 1.75. The lowest BCUT2D eigenvalue weighted by Gasteiger charge is -1.89. The lowest BCUT2D eigenvalue weighted by Crippen LogP contribution is -1.96. The molecule has 1 aliphatic rings. The molecule has 0 N–H and O–H groups in total. The minimum atomic E-state index is 0.257. The number of carbonyl (C=O) groups is 1. The van der Waals surface area contributed by atoms with E-state index in [0.29, 0.717) is 5.02 Å². The maximum absolute atomic E-state index is 11.5. The molecule has 1 fully saturated rings. The van der Waals surface area contributed by atoms with Gasteiger partial charge in [0, 0.05) is 5.92 Å². The van der Waals surface area contributed by atoms with Crippen LogP contribution in [0.3, 0.4) is 0 Å². The van der Waals surface area contributed by atoms with Crippen LogP contribution in [0.4, 0.5) is 0 Å². The van der Waals surface area contributed by atoms with E-state index >= 15 is 0 Å². The molecule has 1 heterocycles. The average molecular weight is 266 g/mol. The van der Waals surface area contributed by atoms with Gasteiger partial charge in [-0.25, -0.2) is 0 Å². The second-order valence-corrected chi connectivity index (χ2v) is 5.65. The van der Waals surface area contributed by atoms with Crippen molar-refractivity contribution in [2.24, 2.45) is 5.92 Å². The van der Waals surface area contributed by atoms with Crippen LogP contribution in [-0.2, 0) is 0 Å². The maximum Gasteiger partial charge on any atom is 0.175 e. The number of hydrogen-bond donors (Lipinski definition) is 0. The van der Waals surface area contributed by atoms with Crippen LogP contribution in [0.1, 0.15) is 22.5 Å². The number of halogens is 2. The molecule has 12 heavy (non-hydrogen) atoms. The van der Waals surface area contributed by atoms with Crippen LogP contribution in [0, 0.1) is 5.92 Å². The summed E-state index contributed by atoms with van der Waals surface area (Å²) >= 11 is 10.5. The Kier molecular flexibility index (Phi) is 2.27. The summed E-state index contributed by atoms with van der Waals surface area (Å²) in [5, 5.41) is 0.643. The molecule has 64 valence electrons. The van der Waals surface area contributed by atoms with Gasteiger partial charge >= 0.3 is 0 Å². The molecule has 0 atom stereocenters. The van der Waals surface area contributed by atoms with Gasteiger partial charge in [-0.3, -0.25) is 4.79 Å². The van der Waals surface area contributed by atoms with Crippen molar-refractivity contribution in [3.8, 4) is 0 Å². The van der Waals surface area contributed by atoms with Crippen molar-refractivity contribution in [2.45, 2.75) is 12.8 Å². The predicted octanol–water partition coefficient (Wildman–Crippen LogP) is 3.76. The van der Waals surface area contributed by atoms with Gasteiger partial charge in [-0.15, -0.1) is 11.3 Å². The molecular weight excluding hydrogens is 260 g/mol. The van der Waals surface area contributed by atoms with E-state index < -0.39 is 0 Å². The zero-order valence-electron chi connectivity index (χ0n) is 6.14. The van der Waals surface area contributed by atoms with E-state index in [0.717, 1.165) is 21.5 Å². The quantitative estimate of drug-likeness (QED) is 0.744. The Hall–Kier alpha value is 0.140. The lowest BCUT2D eigenvalue weighted by molar-refractivity contribution is 0.0971. The zero-order chi connectivity index (χ0) is 8.72. The summed E-state index contributed by atoms with van der Waals surface area (Å²) in [5.41, 5.74) is 0. The number of carbonyl (C=O) groups excluding carboxylic acids is 1. The number of thiophene rings is 1. The normalized spacial score (nSPS) is 16.5. The van der Waals surface area contributed by atoms with Gasteiger partial charge in [0.2, 0.25) is 0 Å². The average Bonchev–Trinajstić information content (AvgIpc) is 2.80. The molecule has 1 saturated carbocycles. The van der Waals surface area contributed by atoms with Gasteiger partial charge in [-0.05, 0) is 34.8 Å². The van der Waals surface area contributed by atoms with E-state index in [1.165, 1.54) is 11.3 Å². The summed E-state index contributed by atoms with van der Waals surface area (Å²) in [4.78, 5) is 12.3. The van der Waals surface area contributed by atoms with Crippen molar-refractivity contribution in [3.63, 3.8) is 0 Å². The highest BCUT2D eigenvalue weighted by Gasteiger charge is 2.31. The second-order valence-electron chi connectivity index (χ2n) is 2.87. The van der Waals surface area contributed by atoms with Crippen molar-refractivity contribution in [2.75, 3.05) is 0 Å². The van der Waals surface area contributed by atoms with Crippen molar-refractivity contribution in [3.05, 3.63) is 19.8 Å². The zero-order valence-corrected chi connectivity index (χ0v) is 9.30. The van der Waals surface area contributed by atoms with E-state index in [9.17, 15) is 4.79 Å². The first-order valence-electron chi connectivity index (χ1n) is 3.67. The molecule has 0 spiro atoms. The molecule has 1 aromatic rings. The van der Waals surface area contributed by atoms with Crippen LogP contribution < -0.4 is 0 Å². The van der Waals surface area contributed by atoms with Gasteiger partial charge in [-0.2, -0.15) is 0 Å². The number of rotatable bonds is 2. The van der Waals surface area contributed by atoms with Crippen molar-refractivity contribution in [1.82, 2.24) is 0 Å². The van der Waals surface area contributed by atoms with Crippen LogP contribution in [0.5, 0.6) is 0 Å². The van der Waals surface area contributed by atoms with Crippen LogP contribution >= 0.6 is 38.9 Å². The van der Waals surface area contributed by atoms with Gasteiger partial charge in [0.15, 0.2) is 5.78 Å². The Labute approximate surface area is 87.9 Å². The molecule has 0 radical (unpaired) electrons. The molecule has 0 saturated heterocycles. The van der Waals surface area contributed by atoms with Crippen molar-refractivity contribution >= 4 is 44.7 Å². The highest BCUT2D eigenvalue weighted by molar-refractivity contribution is 9.11. The minimum absolute atomic E-state index is 0.257. The summed E-state index contributed by atoms with van der Waals surface area (Å²) in [7, 11) is 0. The third-order valence-corrected chi connectivity index (χ3v) is 4.33. The largest absolute Gasteiger partial charge is 0.293 e. The van der Waals surface area contributed by atoms with E-state index in [1.54, 1.807) is 6.07 Å². The number of Topliss-reactive ketones (excluding diaryl/α,β-unsaturated/α-hetero) is 1. The topological polar surface area (TPSA) is 17.1 Å². The summed E-state index contributed by atoms with van der Waals surface area (Å²) in [5.74, 6) is 0.541. The van der Waals surface area contributed by atoms with Crippen molar-refractivity contribution in [1.29, 1.82) is 0 Å². The predicted molar refractivity (Wildman–Crippen MR) is 54.1 cm³/mol. The monoisotopic (exact) mass is 264 g/mol. The molecule has 2 rings (SSSR count). The fourth-order valence-corrected chi connectivity index (χ4v) is 2.74. The lowest BCUT2D eigenvalue weighted by atomic mass is 10.2. The molecule has 0 unspecified atom stereocenters. The number of hydrogen-bond acceptors (Lipinski definition) is 2. The molecule has 1 nitrogen and oxygen atoms in total. The van der Waals surface area contributed by atoms with E-state index in [4.69, 9.17) is 11.6 Å². The third-order valence-electron chi connectivity index (χ3n) is 1.84. The second kappa shape index (κ2) is 3.13. The van der Waals surface area contributed by atoms with Crippen LogP contribution in [-0.4, -0.2) is 5.78 Å². The fraction of sp³-hybridized carbons (Fsp3) is 0.375. The standard InChI is InChI=1S/C8H6BrClOS/c9-8-5(10)3-6(12-8)7(11)4-1-2-4/h3-4H,1-2H2. The molecule has 0 amide bonds. The molecule has 0 aromatic carbocycles. The number of ketones is 1. The van der Waals surface area contributed by atoms with Crippen LogP contribution in [0.2, 0.25) is 5.02 Å². The third kappa shape index (κ3) is 1.58. The Bertz CT molecular complexity index is 310. The molecule has 1 aliphatic carbocycles. The van der Waals surface area contributed by atoms with Gasteiger partial charge in [0.1, 0.15) is 0 Å². The first-order valence-corrected chi connectivity index (χ1v) is 5.66. The van der Waals surface area contributed by atoms with Crippen LogP contribution in [0.25, 0.3) is 0 Å². The SMILES string of the molecule is O=C(c1cc(Cl)c(Br)s1)C1CC1. The van der Waals surface area contributed by atoms with Gasteiger partial charge in [0.05, 0.1) is 13.7 Å². The fourth-order valence-electron chi connectivity index (χ4n) is 1.01. The van der Waals surface area contributed by atoms with E-state index in [1.807, 2.05) is 0 Å². The molecule has 0 bridgehead atoms. The summed E-state index contributed by atoms with van der Waals surface area (Å²) in [6.07, 6.45) is 2.10. The first kappa shape index (κ1) is 8.73. The first-order chi connectivity index (χ1) is 5.68. The maximum atomic E-state index is 11.5. The highest BCUT2D eigenvalue weighted by atomic mass is 79.9. The highest BCUT2D eigenvalue weighted by Crippen LogP contribution is 2.38. The van der Waals surface area contributed by atoms with E-state index in [-0.39, 0.29) is 11.7 Å². The Balaban J connectivity index is 2.27. The van der Waals surface area contributed by atoms with Gasteiger partial charge in [0.25, 0.3) is 0 Å². The van der Waals surface area contributed by atoms with Crippen molar-refractivity contribution < 1.29 is 4.79 Å². The summed E-state index contributed by atoms with van der Waals surface area (Å²) < 4.78 is 0.855. The molecular formula is C8H6BrClOS. The minimum Gasteiger partial charge on any atom is -0.293 e. The van der Waals surface area contributed by atoms with Gasteiger partial charge in [-0.1, -0.05) is 11.6 Å². The van der Waals surface area contributed by atoms with E-state index in [2.05, 4.69) is 15.9 Å².